The minimum Gasteiger partial charge on any atom is -0.393 e. The van der Waals surface area contributed by atoms with Crippen molar-refractivity contribution in [3.05, 3.63) is 34.9 Å². The Morgan fingerprint density at radius 3 is 2.56 bits per heavy atom. The van der Waals surface area contributed by atoms with Gasteiger partial charge in [-0.05, 0) is 24.1 Å². The molecule has 3 N–H and O–H groups in total. The summed E-state index contributed by atoms with van der Waals surface area (Å²) < 4.78 is 0. The minimum atomic E-state index is -0.138. The number of hydrogen-bond donors (Lipinski definition) is 2. The van der Waals surface area contributed by atoms with Crippen LogP contribution in [0.25, 0.3) is 0 Å². The lowest BCUT2D eigenvalue weighted by molar-refractivity contribution is -0.119. The summed E-state index contributed by atoms with van der Waals surface area (Å²) in [5.74, 6) is -0.138. The fourth-order valence-electron chi connectivity index (χ4n) is 1.22. The number of amides is 1. The molecule has 0 aromatic heterocycles. The van der Waals surface area contributed by atoms with Crippen LogP contribution < -0.4 is 11.1 Å². The molecule has 86 valence electrons. The molecule has 0 aliphatic carbocycles. The summed E-state index contributed by atoms with van der Waals surface area (Å²) in [7, 11) is 0. The number of halogens is 1. The molecule has 0 aliphatic rings. The van der Waals surface area contributed by atoms with E-state index < -0.39 is 0 Å². The van der Waals surface area contributed by atoms with Crippen LogP contribution in [0.5, 0.6) is 0 Å². The van der Waals surface area contributed by atoms with Crippen LogP contribution in [0.4, 0.5) is 0 Å². The molecule has 5 heteroatoms. The first-order chi connectivity index (χ1) is 7.58. The van der Waals surface area contributed by atoms with E-state index in [1.807, 2.05) is 24.3 Å². The second-order valence-electron chi connectivity index (χ2n) is 3.37. The number of carbonyl (C=O) groups excluding carboxylic acids is 1. The first-order valence-electron chi connectivity index (χ1n) is 4.87. The van der Waals surface area contributed by atoms with Crippen LogP contribution in [-0.4, -0.2) is 17.4 Å². The van der Waals surface area contributed by atoms with Crippen LogP contribution in [0.15, 0.2) is 24.3 Å². The maximum absolute atomic E-state index is 11.2. The van der Waals surface area contributed by atoms with Gasteiger partial charge in [0.05, 0.1) is 11.4 Å². The van der Waals surface area contributed by atoms with Gasteiger partial charge >= 0.3 is 0 Å². The Morgan fingerprint density at radius 2 is 2.00 bits per heavy atom. The van der Waals surface area contributed by atoms with Gasteiger partial charge in [0.15, 0.2) is 0 Å². The summed E-state index contributed by atoms with van der Waals surface area (Å²) in [6.45, 7) is 0.572. The zero-order chi connectivity index (χ0) is 12.0. The van der Waals surface area contributed by atoms with Crippen molar-refractivity contribution in [2.45, 2.75) is 12.8 Å². The standard InChI is InChI=1S/C11H13ClN2OS/c12-9-3-1-8(2-4-9)5-6-14-11(15)7-10(13)16/h1-4H,5-7H2,(H2,13,16)(H,14,15). The lowest BCUT2D eigenvalue weighted by atomic mass is 10.1. The molecular weight excluding hydrogens is 244 g/mol. The van der Waals surface area contributed by atoms with Crippen molar-refractivity contribution in [3.63, 3.8) is 0 Å². The van der Waals surface area contributed by atoms with E-state index in [-0.39, 0.29) is 17.3 Å². The van der Waals surface area contributed by atoms with Crippen LogP contribution in [-0.2, 0) is 11.2 Å². The van der Waals surface area contributed by atoms with Gasteiger partial charge in [-0.3, -0.25) is 4.79 Å². The maximum Gasteiger partial charge on any atom is 0.226 e. The molecule has 0 spiro atoms. The molecule has 1 amide bonds. The summed E-state index contributed by atoms with van der Waals surface area (Å²) in [6.07, 6.45) is 0.871. The van der Waals surface area contributed by atoms with Gasteiger partial charge in [0.2, 0.25) is 5.91 Å². The maximum atomic E-state index is 11.2. The molecule has 1 rings (SSSR count). The van der Waals surface area contributed by atoms with Crippen LogP contribution in [0, 0.1) is 0 Å². The van der Waals surface area contributed by atoms with Crippen molar-refractivity contribution in [2.75, 3.05) is 6.54 Å². The average molecular weight is 257 g/mol. The molecule has 0 bridgehead atoms. The molecule has 0 heterocycles. The molecule has 0 fully saturated rings. The summed E-state index contributed by atoms with van der Waals surface area (Å²) >= 11 is 10.4. The molecule has 0 aliphatic heterocycles. The normalized spacial score (nSPS) is 9.81. The number of benzene rings is 1. The Hall–Kier alpha value is -1.13. The Kier molecular flexibility index (Phi) is 5.22. The van der Waals surface area contributed by atoms with Crippen molar-refractivity contribution < 1.29 is 4.79 Å². The SMILES string of the molecule is NC(=S)CC(=O)NCCc1ccc(Cl)cc1. The fraction of sp³-hybridized carbons (Fsp3) is 0.273. The summed E-state index contributed by atoms with van der Waals surface area (Å²) in [5, 5.41) is 3.45. The molecule has 0 unspecified atom stereocenters. The van der Waals surface area contributed by atoms with Gasteiger partial charge < -0.3 is 11.1 Å². The van der Waals surface area contributed by atoms with Gasteiger partial charge in [-0.1, -0.05) is 36.0 Å². The first kappa shape index (κ1) is 12.9. The van der Waals surface area contributed by atoms with E-state index in [1.165, 1.54) is 0 Å². The molecule has 1 aromatic carbocycles. The predicted octanol–water partition coefficient (Wildman–Crippen LogP) is 1.67. The average Bonchev–Trinajstić information content (AvgIpc) is 2.20. The Labute approximate surface area is 105 Å². The van der Waals surface area contributed by atoms with Crippen molar-refractivity contribution in [2.24, 2.45) is 5.73 Å². The second-order valence-corrected chi connectivity index (χ2v) is 4.33. The third-order valence-corrected chi connectivity index (χ3v) is 2.38. The molecular formula is C11H13ClN2OS. The highest BCUT2D eigenvalue weighted by atomic mass is 35.5. The first-order valence-corrected chi connectivity index (χ1v) is 5.66. The highest BCUT2D eigenvalue weighted by molar-refractivity contribution is 7.80. The van der Waals surface area contributed by atoms with E-state index in [0.29, 0.717) is 11.6 Å². The smallest absolute Gasteiger partial charge is 0.226 e. The monoisotopic (exact) mass is 256 g/mol. The van der Waals surface area contributed by atoms with Crippen molar-refractivity contribution >= 4 is 34.7 Å². The summed E-state index contributed by atoms with van der Waals surface area (Å²) in [5.41, 5.74) is 6.37. The Morgan fingerprint density at radius 1 is 1.38 bits per heavy atom. The highest BCUT2D eigenvalue weighted by Crippen LogP contribution is 2.09. The number of thiocarbonyl (C=S) groups is 1. The van der Waals surface area contributed by atoms with Crippen molar-refractivity contribution in [1.82, 2.24) is 5.32 Å². The number of carbonyl (C=O) groups is 1. The fourth-order valence-corrected chi connectivity index (χ4v) is 1.48. The van der Waals surface area contributed by atoms with E-state index in [1.54, 1.807) is 0 Å². The molecule has 0 radical (unpaired) electrons. The number of rotatable bonds is 5. The summed E-state index contributed by atoms with van der Waals surface area (Å²) in [4.78, 5) is 11.4. The molecule has 0 saturated heterocycles. The largest absolute Gasteiger partial charge is 0.393 e. The van der Waals surface area contributed by atoms with Gasteiger partial charge in [-0.2, -0.15) is 0 Å². The molecule has 1 aromatic rings. The van der Waals surface area contributed by atoms with Crippen LogP contribution in [0.2, 0.25) is 5.02 Å². The third kappa shape index (κ3) is 5.09. The number of nitrogens with two attached hydrogens (primary N) is 1. The molecule has 0 saturated carbocycles. The quantitative estimate of drug-likeness (QED) is 0.788. The van der Waals surface area contributed by atoms with Gasteiger partial charge in [0.25, 0.3) is 0 Å². The van der Waals surface area contributed by atoms with Crippen molar-refractivity contribution in [1.29, 1.82) is 0 Å². The zero-order valence-corrected chi connectivity index (χ0v) is 10.3. The highest BCUT2D eigenvalue weighted by Gasteiger charge is 2.01. The Bertz CT molecular complexity index is 378. The predicted molar refractivity (Wildman–Crippen MR) is 69.6 cm³/mol. The zero-order valence-electron chi connectivity index (χ0n) is 8.70. The molecule has 0 atom stereocenters. The lowest BCUT2D eigenvalue weighted by Crippen LogP contribution is -2.29. The van der Waals surface area contributed by atoms with E-state index >= 15 is 0 Å². The minimum absolute atomic E-state index is 0.107. The van der Waals surface area contributed by atoms with Gasteiger partial charge in [-0.15, -0.1) is 0 Å². The topological polar surface area (TPSA) is 55.1 Å². The summed E-state index contributed by atoms with van der Waals surface area (Å²) in [6, 6.07) is 7.52. The van der Waals surface area contributed by atoms with Gasteiger partial charge in [0.1, 0.15) is 0 Å². The van der Waals surface area contributed by atoms with Crippen molar-refractivity contribution in [3.8, 4) is 0 Å². The van der Waals surface area contributed by atoms with E-state index in [9.17, 15) is 4.79 Å². The van der Waals surface area contributed by atoms with Crippen LogP contribution in [0.3, 0.4) is 0 Å². The molecule has 16 heavy (non-hydrogen) atoms. The van der Waals surface area contributed by atoms with E-state index in [2.05, 4.69) is 17.5 Å². The lowest BCUT2D eigenvalue weighted by Gasteiger charge is -2.04. The second kappa shape index (κ2) is 6.45. The number of hydrogen-bond acceptors (Lipinski definition) is 2. The third-order valence-electron chi connectivity index (χ3n) is 1.98. The van der Waals surface area contributed by atoms with E-state index in [4.69, 9.17) is 17.3 Å². The van der Waals surface area contributed by atoms with E-state index in [0.717, 1.165) is 12.0 Å². The Balaban J connectivity index is 2.28. The van der Waals surface area contributed by atoms with Gasteiger partial charge in [-0.25, -0.2) is 0 Å². The van der Waals surface area contributed by atoms with Gasteiger partial charge in [0, 0.05) is 11.6 Å². The number of nitrogens with one attached hydrogen (secondary N) is 1. The van der Waals surface area contributed by atoms with Crippen LogP contribution in [0.1, 0.15) is 12.0 Å². The van der Waals surface area contributed by atoms with Crippen LogP contribution >= 0.6 is 23.8 Å². The molecule has 3 nitrogen and oxygen atoms in total.